The van der Waals surface area contributed by atoms with Crippen LogP contribution in [0.25, 0.3) is 0 Å². The maximum Gasteiger partial charge on any atom is 0.320 e. The Morgan fingerprint density at radius 1 is 1.03 bits per heavy atom. The molecule has 0 bridgehead atoms. The molecule has 2 aromatic carbocycles. The van der Waals surface area contributed by atoms with Gasteiger partial charge in [-0.05, 0) is 49.6 Å². The van der Waals surface area contributed by atoms with Gasteiger partial charge in [0.2, 0.25) is 5.75 Å². The monoisotopic (exact) mass is 399 g/mol. The second-order valence-corrected chi connectivity index (χ2v) is 7.36. The normalized spacial score (nSPS) is 18.1. The molecule has 156 valence electrons. The number of piperidine rings is 1. The summed E-state index contributed by atoms with van der Waals surface area (Å²) in [5.41, 5.74) is 3.09. The molecule has 2 aromatic rings. The van der Waals surface area contributed by atoms with Gasteiger partial charge in [0.25, 0.3) is 0 Å². The lowest BCUT2D eigenvalue weighted by atomic mass is 9.90. The van der Waals surface area contributed by atoms with Crippen LogP contribution in [0.5, 0.6) is 17.2 Å². The third-order valence-electron chi connectivity index (χ3n) is 5.52. The van der Waals surface area contributed by atoms with Gasteiger partial charge in [-0.25, -0.2) is 0 Å². The Balaban J connectivity index is 2.19. The highest BCUT2D eigenvalue weighted by atomic mass is 16.5. The number of aliphatic carboxylic acids is 1. The van der Waals surface area contributed by atoms with Crippen molar-refractivity contribution in [2.24, 2.45) is 0 Å². The second kappa shape index (κ2) is 9.18. The van der Waals surface area contributed by atoms with E-state index in [-0.39, 0.29) is 6.04 Å². The first-order chi connectivity index (χ1) is 14.0. The topological polar surface area (TPSA) is 68.2 Å². The predicted molar refractivity (Wildman–Crippen MR) is 111 cm³/mol. The summed E-state index contributed by atoms with van der Waals surface area (Å²) in [7, 11) is 4.75. The summed E-state index contributed by atoms with van der Waals surface area (Å²) in [6.45, 7) is 2.76. The van der Waals surface area contributed by atoms with Crippen LogP contribution in [-0.2, 0) is 4.79 Å². The number of benzene rings is 2. The van der Waals surface area contributed by atoms with Gasteiger partial charge < -0.3 is 19.3 Å². The molecule has 2 unspecified atom stereocenters. The van der Waals surface area contributed by atoms with Crippen LogP contribution in [-0.4, -0.2) is 49.9 Å². The minimum absolute atomic E-state index is 0.231. The summed E-state index contributed by atoms with van der Waals surface area (Å²) in [5.74, 6) is 0.858. The van der Waals surface area contributed by atoms with Crippen molar-refractivity contribution in [2.75, 3.05) is 27.9 Å². The Hall–Kier alpha value is -2.73. The van der Waals surface area contributed by atoms with Gasteiger partial charge in [-0.1, -0.05) is 36.2 Å². The molecular formula is C23H29NO5. The molecule has 1 fully saturated rings. The molecule has 3 rings (SSSR count). The highest BCUT2D eigenvalue weighted by Gasteiger charge is 2.36. The van der Waals surface area contributed by atoms with Crippen molar-refractivity contribution in [3.63, 3.8) is 0 Å². The van der Waals surface area contributed by atoms with Gasteiger partial charge >= 0.3 is 5.97 Å². The van der Waals surface area contributed by atoms with Gasteiger partial charge in [0, 0.05) is 0 Å². The smallest absolute Gasteiger partial charge is 0.320 e. The molecule has 6 heteroatoms. The summed E-state index contributed by atoms with van der Waals surface area (Å²) in [6, 6.07) is 11.3. The highest BCUT2D eigenvalue weighted by Crippen LogP contribution is 2.43. The summed E-state index contributed by atoms with van der Waals surface area (Å²) < 4.78 is 16.6. The SMILES string of the molecule is COc1cc(C(c2cccc(C)c2)N2CCCCC2C(=O)O)cc(OC)c1OC. The number of hydrogen-bond acceptors (Lipinski definition) is 5. The molecule has 1 heterocycles. The van der Waals surface area contributed by atoms with E-state index in [0.717, 1.165) is 29.5 Å². The summed E-state index contributed by atoms with van der Waals surface area (Å²) in [5, 5.41) is 9.88. The zero-order chi connectivity index (χ0) is 21.0. The maximum atomic E-state index is 12.0. The minimum atomic E-state index is -0.783. The summed E-state index contributed by atoms with van der Waals surface area (Å²) in [4.78, 5) is 14.1. The minimum Gasteiger partial charge on any atom is -0.493 e. The molecule has 1 aliphatic heterocycles. The van der Waals surface area contributed by atoms with Crippen LogP contribution in [0.2, 0.25) is 0 Å². The molecule has 0 aromatic heterocycles. The van der Waals surface area contributed by atoms with Crippen molar-refractivity contribution < 1.29 is 24.1 Å². The first kappa shape index (κ1) is 21.0. The Morgan fingerprint density at radius 2 is 1.72 bits per heavy atom. The van der Waals surface area contributed by atoms with E-state index in [1.54, 1.807) is 21.3 Å². The van der Waals surface area contributed by atoms with Gasteiger partial charge in [-0.15, -0.1) is 0 Å². The van der Waals surface area contributed by atoms with Crippen molar-refractivity contribution in [1.29, 1.82) is 0 Å². The molecule has 6 nitrogen and oxygen atoms in total. The van der Waals surface area contributed by atoms with Crippen LogP contribution >= 0.6 is 0 Å². The molecule has 1 N–H and O–H groups in total. The average Bonchev–Trinajstić information content (AvgIpc) is 2.73. The number of carbonyl (C=O) groups is 1. The lowest BCUT2D eigenvalue weighted by Gasteiger charge is -2.40. The van der Waals surface area contributed by atoms with E-state index in [1.165, 1.54) is 0 Å². The van der Waals surface area contributed by atoms with E-state index >= 15 is 0 Å². The third kappa shape index (κ3) is 4.32. The fraction of sp³-hybridized carbons (Fsp3) is 0.435. The number of nitrogens with zero attached hydrogens (tertiary/aromatic N) is 1. The Labute approximate surface area is 172 Å². The second-order valence-electron chi connectivity index (χ2n) is 7.36. The van der Waals surface area contributed by atoms with Crippen molar-refractivity contribution in [3.8, 4) is 17.2 Å². The summed E-state index contributed by atoms with van der Waals surface area (Å²) in [6.07, 6.45) is 2.53. The molecule has 0 radical (unpaired) electrons. The number of likely N-dealkylation sites (tertiary alicyclic amines) is 1. The molecule has 1 saturated heterocycles. The number of rotatable bonds is 7. The zero-order valence-corrected chi connectivity index (χ0v) is 17.5. The number of hydrogen-bond donors (Lipinski definition) is 1. The predicted octanol–water partition coefficient (Wildman–Crippen LogP) is 4.05. The maximum absolute atomic E-state index is 12.0. The van der Waals surface area contributed by atoms with Gasteiger partial charge in [-0.2, -0.15) is 0 Å². The van der Waals surface area contributed by atoms with Crippen LogP contribution in [0.3, 0.4) is 0 Å². The molecule has 2 atom stereocenters. The highest BCUT2D eigenvalue weighted by molar-refractivity contribution is 5.74. The van der Waals surface area contributed by atoms with Crippen LogP contribution < -0.4 is 14.2 Å². The first-order valence-electron chi connectivity index (χ1n) is 9.85. The Morgan fingerprint density at radius 3 is 2.28 bits per heavy atom. The molecular weight excluding hydrogens is 370 g/mol. The van der Waals surface area contributed by atoms with Gasteiger partial charge in [0.1, 0.15) is 6.04 Å². The van der Waals surface area contributed by atoms with Crippen LogP contribution in [0.4, 0.5) is 0 Å². The molecule has 0 spiro atoms. The number of carboxylic acids is 1. The van der Waals surface area contributed by atoms with Gasteiger partial charge in [-0.3, -0.25) is 9.69 Å². The Bertz CT molecular complexity index is 841. The van der Waals surface area contributed by atoms with Gasteiger partial charge in [0.15, 0.2) is 11.5 Å². The number of aryl methyl sites for hydroxylation is 1. The van der Waals surface area contributed by atoms with E-state index in [0.29, 0.717) is 30.2 Å². The van der Waals surface area contributed by atoms with Crippen molar-refractivity contribution in [1.82, 2.24) is 4.90 Å². The lowest BCUT2D eigenvalue weighted by molar-refractivity contribution is -0.145. The lowest BCUT2D eigenvalue weighted by Crippen LogP contribution is -2.46. The van der Waals surface area contributed by atoms with Crippen molar-refractivity contribution in [3.05, 3.63) is 53.1 Å². The van der Waals surface area contributed by atoms with Crippen LogP contribution in [0, 0.1) is 6.92 Å². The zero-order valence-electron chi connectivity index (χ0n) is 17.5. The van der Waals surface area contributed by atoms with E-state index in [2.05, 4.69) is 11.0 Å². The fourth-order valence-corrected chi connectivity index (χ4v) is 4.20. The standard InChI is InChI=1S/C23H29NO5/c1-15-8-7-9-16(12-15)21(24-11-6-5-10-18(24)23(25)26)17-13-19(27-2)22(29-4)20(14-17)28-3/h7-9,12-14,18,21H,5-6,10-11H2,1-4H3,(H,25,26). The quantitative estimate of drug-likeness (QED) is 0.758. The van der Waals surface area contributed by atoms with Crippen molar-refractivity contribution >= 4 is 5.97 Å². The van der Waals surface area contributed by atoms with E-state index in [4.69, 9.17) is 14.2 Å². The molecule has 0 amide bonds. The molecule has 0 aliphatic carbocycles. The van der Waals surface area contributed by atoms with Crippen LogP contribution in [0.1, 0.15) is 42.0 Å². The molecule has 0 saturated carbocycles. The van der Waals surface area contributed by atoms with E-state index < -0.39 is 12.0 Å². The average molecular weight is 399 g/mol. The van der Waals surface area contributed by atoms with Crippen molar-refractivity contribution in [2.45, 2.75) is 38.3 Å². The number of carboxylic acid groups (broad SMARTS) is 1. The van der Waals surface area contributed by atoms with Gasteiger partial charge in [0.05, 0.1) is 27.4 Å². The van der Waals surface area contributed by atoms with E-state index in [9.17, 15) is 9.90 Å². The number of methoxy groups -OCH3 is 3. The summed E-state index contributed by atoms with van der Waals surface area (Å²) >= 11 is 0. The third-order valence-corrected chi connectivity index (χ3v) is 5.52. The van der Waals surface area contributed by atoms with E-state index in [1.807, 2.05) is 37.3 Å². The van der Waals surface area contributed by atoms with Crippen LogP contribution in [0.15, 0.2) is 36.4 Å². The molecule has 1 aliphatic rings. The largest absolute Gasteiger partial charge is 0.493 e. The number of ether oxygens (including phenoxy) is 3. The molecule has 29 heavy (non-hydrogen) atoms. The first-order valence-corrected chi connectivity index (χ1v) is 9.85. The Kier molecular flexibility index (Phi) is 6.64. The fourth-order valence-electron chi connectivity index (χ4n) is 4.20.